The molecule has 0 radical (unpaired) electrons. The summed E-state index contributed by atoms with van der Waals surface area (Å²) in [6, 6.07) is 8.04. The number of aliphatic hydroxyl groups is 1. The molecule has 5 nitrogen and oxygen atoms in total. The van der Waals surface area contributed by atoms with Crippen LogP contribution < -0.4 is 10.2 Å². The molecule has 0 bridgehead atoms. The summed E-state index contributed by atoms with van der Waals surface area (Å²) in [6.45, 7) is 6.12. The number of anilines is 1. The third-order valence-corrected chi connectivity index (χ3v) is 3.03. The molecule has 0 atom stereocenters. The second kappa shape index (κ2) is 7.99. The first-order valence-electron chi connectivity index (χ1n) is 7.03. The van der Waals surface area contributed by atoms with Gasteiger partial charge >= 0.3 is 0 Å². The Morgan fingerprint density at radius 1 is 1.43 bits per heavy atom. The molecule has 5 heteroatoms. The van der Waals surface area contributed by atoms with Gasteiger partial charge in [-0.2, -0.15) is 5.26 Å². The van der Waals surface area contributed by atoms with Crippen LogP contribution in [0, 0.1) is 11.3 Å². The van der Waals surface area contributed by atoms with Crippen molar-refractivity contribution in [3.8, 4) is 6.07 Å². The van der Waals surface area contributed by atoms with Gasteiger partial charge in [0.2, 0.25) is 0 Å². The number of methoxy groups -OCH3 is 1. The van der Waals surface area contributed by atoms with Crippen LogP contribution in [0.3, 0.4) is 0 Å². The minimum Gasteiger partial charge on any atom is -0.389 e. The molecule has 0 aliphatic rings. The fourth-order valence-corrected chi connectivity index (χ4v) is 2.19. The number of benzene rings is 1. The normalized spacial score (nSPS) is 11.2. The van der Waals surface area contributed by atoms with Gasteiger partial charge in [-0.25, -0.2) is 0 Å². The maximum absolute atomic E-state index is 9.89. The molecule has 116 valence electrons. The van der Waals surface area contributed by atoms with Crippen molar-refractivity contribution in [1.29, 1.82) is 5.26 Å². The molecule has 0 unspecified atom stereocenters. The predicted octanol–water partition coefficient (Wildman–Crippen LogP) is 1.50. The summed E-state index contributed by atoms with van der Waals surface area (Å²) < 4.78 is 4.98. The summed E-state index contributed by atoms with van der Waals surface area (Å²) in [5.41, 5.74) is 1.71. The first-order valence-corrected chi connectivity index (χ1v) is 7.03. The van der Waals surface area contributed by atoms with Gasteiger partial charge in [0.05, 0.1) is 23.5 Å². The van der Waals surface area contributed by atoms with Gasteiger partial charge < -0.3 is 20.1 Å². The van der Waals surface area contributed by atoms with E-state index in [4.69, 9.17) is 4.74 Å². The first-order chi connectivity index (χ1) is 9.87. The summed E-state index contributed by atoms with van der Waals surface area (Å²) in [5, 5.41) is 22.5. The number of nitriles is 1. The maximum Gasteiger partial charge on any atom is 0.101 e. The fraction of sp³-hybridized carbons (Fsp3) is 0.562. The highest BCUT2D eigenvalue weighted by Gasteiger charge is 2.18. The zero-order valence-corrected chi connectivity index (χ0v) is 13.3. The van der Waals surface area contributed by atoms with Crippen LogP contribution in [-0.2, 0) is 11.3 Å². The SMILES string of the molecule is COCCNCc1ccc(N(C)CC(C)(C)O)c(C#N)c1. The quantitative estimate of drug-likeness (QED) is 0.710. The molecule has 0 saturated heterocycles. The van der Waals surface area contributed by atoms with Crippen molar-refractivity contribution in [2.75, 3.05) is 38.8 Å². The topological polar surface area (TPSA) is 68.5 Å². The van der Waals surface area contributed by atoms with Crippen LogP contribution in [0.2, 0.25) is 0 Å². The zero-order chi connectivity index (χ0) is 15.9. The van der Waals surface area contributed by atoms with Crippen LogP contribution in [0.4, 0.5) is 5.69 Å². The van der Waals surface area contributed by atoms with Crippen LogP contribution in [0.5, 0.6) is 0 Å². The number of ether oxygens (including phenoxy) is 1. The summed E-state index contributed by atoms with van der Waals surface area (Å²) in [6.07, 6.45) is 0. The lowest BCUT2D eigenvalue weighted by Gasteiger charge is -2.28. The molecular formula is C16H25N3O2. The number of rotatable bonds is 8. The van der Waals surface area contributed by atoms with Gasteiger partial charge in [0, 0.05) is 33.8 Å². The zero-order valence-electron chi connectivity index (χ0n) is 13.3. The van der Waals surface area contributed by atoms with Gasteiger partial charge in [0.15, 0.2) is 0 Å². The second-order valence-electron chi connectivity index (χ2n) is 5.80. The number of nitrogens with zero attached hydrogens (tertiary/aromatic N) is 2. The number of nitrogens with one attached hydrogen (secondary N) is 1. The highest BCUT2D eigenvalue weighted by atomic mass is 16.5. The maximum atomic E-state index is 9.89. The summed E-state index contributed by atoms with van der Waals surface area (Å²) in [7, 11) is 3.55. The molecule has 0 amide bonds. The highest BCUT2D eigenvalue weighted by Crippen LogP contribution is 2.22. The van der Waals surface area contributed by atoms with Crippen molar-refractivity contribution in [2.24, 2.45) is 0 Å². The summed E-state index contributed by atoms with van der Waals surface area (Å²) in [4.78, 5) is 1.90. The van der Waals surface area contributed by atoms with E-state index in [-0.39, 0.29) is 0 Å². The van der Waals surface area contributed by atoms with Gasteiger partial charge in [0.1, 0.15) is 6.07 Å². The number of likely N-dealkylation sites (N-methyl/N-ethyl adjacent to an activating group) is 1. The van der Waals surface area contributed by atoms with Crippen LogP contribution in [0.1, 0.15) is 25.0 Å². The predicted molar refractivity (Wildman–Crippen MR) is 84.3 cm³/mol. The Labute approximate surface area is 127 Å². The van der Waals surface area contributed by atoms with Gasteiger partial charge in [0.25, 0.3) is 0 Å². The molecule has 0 saturated carbocycles. The fourth-order valence-electron chi connectivity index (χ4n) is 2.19. The molecule has 0 aromatic heterocycles. The van der Waals surface area contributed by atoms with E-state index in [9.17, 15) is 10.4 Å². The van der Waals surface area contributed by atoms with E-state index in [2.05, 4.69) is 11.4 Å². The lowest BCUT2D eigenvalue weighted by atomic mass is 10.1. The van der Waals surface area contributed by atoms with E-state index in [0.29, 0.717) is 25.3 Å². The molecule has 1 aromatic rings. The van der Waals surface area contributed by atoms with Crippen molar-refractivity contribution in [1.82, 2.24) is 5.32 Å². The Bertz CT molecular complexity index is 489. The van der Waals surface area contributed by atoms with Gasteiger partial charge in [-0.05, 0) is 31.5 Å². The molecule has 0 aliphatic carbocycles. The molecule has 2 N–H and O–H groups in total. The van der Waals surface area contributed by atoms with Crippen molar-refractivity contribution >= 4 is 5.69 Å². The van der Waals surface area contributed by atoms with Crippen molar-refractivity contribution in [3.63, 3.8) is 0 Å². The Hall–Kier alpha value is -1.61. The third-order valence-electron chi connectivity index (χ3n) is 3.03. The van der Waals surface area contributed by atoms with E-state index in [1.807, 2.05) is 30.1 Å². The minimum absolute atomic E-state index is 0.465. The third kappa shape index (κ3) is 6.13. The molecule has 0 fully saturated rings. The lowest BCUT2D eigenvalue weighted by Crippen LogP contribution is -2.36. The number of hydrogen-bond acceptors (Lipinski definition) is 5. The standard InChI is InChI=1S/C16H25N3O2/c1-16(2,20)12-19(3)15-6-5-13(9-14(15)10-17)11-18-7-8-21-4/h5-6,9,18,20H,7-8,11-12H2,1-4H3. The van der Waals surface area contributed by atoms with E-state index in [1.165, 1.54) is 0 Å². The van der Waals surface area contributed by atoms with Crippen molar-refractivity contribution < 1.29 is 9.84 Å². The largest absolute Gasteiger partial charge is 0.389 e. The Morgan fingerprint density at radius 3 is 2.71 bits per heavy atom. The Kier molecular flexibility index (Phi) is 6.63. The van der Waals surface area contributed by atoms with E-state index >= 15 is 0 Å². The average molecular weight is 291 g/mol. The van der Waals surface area contributed by atoms with Crippen LogP contribution in [0.25, 0.3) is 0 Å². The smallest absolute Gasteiger partial charge is 0.101 e. The second-order valence-corrected chi connectivity index (χ2v) is 5.80. The monoisotopic (exact) mass is 291 g/mol. The van der Waals surface area contributed by atoms with Gasteiger partial charge in [-0.1, -0.05) is 6.07 Å². The molecular weight excluding hydrogens is 266 g/mol. The van der Waals surface area contributed by atoms with Crippen LogP contribution in [0.15, 0.2) is 18.2 Å². The molecule has 0 heterocycles. The Balaban J connectivity index is 2.77. The molecule has 21 heavy (non-hydrogen) atoms. The lowest BCUT2D eigenvalue weighted by molar-refractivity contribution is 0.0886. The van der Waals surface area contributed by atoms with Crippen molar-refractivity contribution in [3.05, 3.63) is 29.3 Å². The highest BCUT2D eigenvalue weighted by molar-refractivity contribution is 5.60. The van der Waals surface area contributed by atoms with Gasteiger partial charge in [-0.3, -0.25) is 0 Å². The summed E-state index contributed by atoms with van der Waals surface area (Å²) in [5.74, 6) is 0. The van der Waals surface area contributed by atoms with E-state index in [0.717, 1.165) is 17.8 Å². The molecule has 0 aliphatic heterocycles. The molecule has 1 aromatic carbocycles. The van der Waals surface area contributed by atoms with E-state index in [1.54, 1.807) is 21.0 Å². The number of hydrogen-bond donors (Lipinski definition) is 2. The minimum atomic E-state index is -0.804. The van der Waals surface area contributed by atoms with E-state index < -0.39 is 5.60 Å². The van der Waals surface area contributed by atoms with Crippen LogP contribution >= 0.6 is 0 Å². The van der Waals surface area contributed by atoms with Crippen molar-refractivity contribution in [2.45, 2.75) is 26.0 Å². The first kappa shape index (κ1) is 17.4. The average Bonchev–Trinajstić information content (AvgIpc) is 2.41. The Morgan fingerprint density at radius 2 is 2.14 bits per heavy atom. The molecule has 1 rings (SSSR count). The molecule has 0 spiro atoms. The van der Waals surface area contributed by atoms with Crippen LogP contribution in [-0.4, -0.2) is 44.6 Å². The summed E-state index contributed by atoms with van der Waals surface area (Å²) >= 11 is 0. The van der Waals surface area contributed by atoms with Gasteiger partial charge in [-0.15, -0.1) is 0 Å².